The van der Waals surface area contributed by atoms with E-state index in [-0.39, 0.29) is 39.1 Å². The fraction of sp³-hybridized carbons (Fsp3) is 0.143. The lowest BCUT2D eigenvalue weighted by Gasteiger charge is -2.19. The van der Waals surface area contributed by atoms with Crippen LogP contribution in [0.1, 0.15) is 11.3 Å². The molecule has 10 heteroatoms. The van der Waals surface area contributed by atoms with Gasteiger partial charge < -0.3 is 4.42 Å². The number of thiazole rings is 1. The second-order valence-electron chi connectivity index (χ2n) is 6.88. The van der Waals surface area contributed by atoms with Crippen molar-refractivity contribution >= 4 is 42.4 Å². The molecule has 2 aromatic heterocycles. The molecule has 0 spiro atoms. The molecule has 31 heavy (non-hydrogen) atoms. The molecule has 0 atom stereocenters. The maximum absolute atomic E-state index is 14.1. The molecule has 0 saturated carbocycles. The summed E-state index contributed by atoms with van der Waals surface area (Å²) in [5.74, 6) is -1.40. The predicted octanol–water partition coefficient (Wildman–Crippen LogP) is 4.35. The van der Waals surface area contributed by atoms with Crippen LogP contribution >= 0.6 is 11.3 Å². The average Bonchev–Trinajstić information content (AvgIpc) is 3.35. The maximum atomic E-state index is 14.1. The SMILES string of the molecule is CS(=O)(=O)c1ccc(CC(=O)N(Cc2ccco2)c2nc3c(F)cc(F)cc3s2)cc1. The monoisotopic (exact) mass is 462 g/mol. The minimum Gasteiger partial charge on any atom is -0.467 e. The van der Waals surface area contributed by atoms with Crippen LogP contribution in [0, 0.1) is 11.6 Å². The van der Waals surface area contributed by atoms with Crippen LogP contribution in [0.25, 0.3) is 10.2 Å². The zero-order valence-corrected chi connectivity index (χ0v) is 17.8. The molecule has 2 aromatic carbocycles. The van der Waals surface area contributed by atoms with Gasteiger partial charge in [0, 0.05) is 12.3 Å². The molecular weight excluding hydrogens is 446 g/mol. The van der Waals surface area contributed by atoms with Gasteiger partial charge in [0.25, 0.3) is 0 Å². The number of anilines is 1. The molecule has 0 aliphatic rings. The van der Waals surface area contributed by atoms with Gasteiger partial charge in [0.2, 0.25) is 5.91 Å². The topological polar surface area (TPSA) is 80.5 Å². The number of hydrogen-bond acceptors (Lipinski definition) is 6. The van der Waals surface area contributed by atoms with E-state index in [1.54, 1.807) is 24.3 Å². The van der Waals surface area contributed by atoms with E-state index in [1.807, 2.05) is 0 Å². The molecule has 4 aromatic rings. The molecule has 0 aliphatic carbocycles. The number of sulfone groups is 1. The summed E-state index contributed by atoms with van der Waals surface area (Å²) >= 11 is 0.993. The summed E-state index contributed by atoms with van der Waals surface area (Å²) in [7, 11) is -3.35. The van der Waals surface area contributed by atoms with Crippen molar-refractivity contribution in [3.63, 3.8) is 0 Å². The summed E-state index contributed by atoms with van der Waals surface area (Å²) < 4.78 is 56.6. The van der Waals surface area contributed by atoms with Gasteiger partial charge in [0.1, 0.15) is 17.1 Å². The van der Waals surface area contributed by atoms with Crippen LogP contribution in [-0.4, -0.2) is 25.6 Å². The van der Waals surface area contributed by atoms with Crippen molar-refractivity contribution in [1.29, 1.82) is 0 Å². The minimum atomic E-state index is -3.35. The van der Waals surface area contributed by atoms with Gasteiger partial charge >= 0.3 is 0 Å². The third-order valence-electron chi connectivity index (χ3n) is 4.53. The fourth-order valence-corrected chi connectivity index (χ4v) is 4.66. The van der Waals surface area contributed by atoms with E-state index in [9.17, 15) is 22.0 Å². The Bertz CT molecular complexity index is 1350. The minimum absolute atomic E-state index is 0.0175. The molecule has 4 rings (SSSR count). The molecule has 0 unspecified atom stereocenters. The largest absolute Gasteiger partial charge is 0.467 e. The van der Waals surface area contributed by atoms with Crippen LogP contribution in [-0.2, 0) is 27.6 Å². The van der Waals surface area contributed by atoms with Crippen molar-refractivity contribution in [2.45, 2.75) is 17.9 Å². The molecule has 0 aliphatic heterocycles. The third kappa shape index (κ3) is 4.64. The fourth-order valence-electron chi connectivity index (χ4n) is 3.01. The zero-order valence-electron chi connectivity index (χ0n) is 16.2. The number of hydrogen-bond donors (Lipinski definition) is 0. The van der Waals surface area contributed by atoms with Gasteiger partial charge in [-0.2, -0.15) is 0 Å². The number of fused-ring (bicyclic) bond motifs is 1. The number of halogens is 2. The van der Waals surface area contributed by atoms with E-state index < -0.39 is 21.5 Å². The Labute approximate surface area is 180 Å². The summed E-state index contributed by atoms with van der Waals surface area (Å²) in [6.45, 7) is 0.0528. The van der Waals surface area contributed by atoms with Crippen LogP contribution < -0.4 is 4.90 Å². The Hall–Kier alpha value is -3.11. The van der Waals surface area contributed by atoms with E-state index in [0.717, 1.165) is 23.7 Å². The van der Waals surface area contributed by atoms with Crippen molar-refractivity contribution in [3.05, 3.63) is 77.8 Å². The van der Waals surface area contributed by atoms with Gasteiger partial charge in [-0.1, -0.05) is 23.5 Å². The maximum Gasteiger partial charge on any atom is 0.233 e. The highest BCUT2D eigenvalue weighted by Gasteiger charge is 2.23. The second-order valence-corrected chi connectivity index (χ2v) is 9.91. The number of nitrogens with zero attached hydrogens (tertiary/aromatic N) is 2. The summed E-state index contributed by atoms with van der Waals surface area (Å²) in [5.41, 5.74) is 0.580. The lowest BCUT2D eigenvalue weighted by Crippen LogP contribution is -2.31. The van der Waals surface area contributed by atoms with Gasteiger partial charge in [-0.05, 0) is 35.9 Å². The van der Waals surface area contributed by atoms with Gasteiger partial charge in [0.05, 0.1) is 28.8 Å². The Balaban J connectivity index is 1.66. The highest BCUT2D eigenvalue weighted by Crippen LogP contribution is 2.32. The van der Waals surface area contributed by atoms with E-state index in [0.29, 0.717) is 11.3 Å². The van der Waals surface area contributed by atoms with Crippen LogP contribution in [0.5, 0.6) is 0 Å². The molecular formula is C21H16F2N2O4S2. The first kappa shape index (κ1) is 21.1. The number of furan rings is 1. The van der Waals surface area contributed by atoms with Crippen LogP contribution in [0.15, 0.2) is 64.1 Å². The molecule has 0 bridgehead atoms. The number of carbonyl (C=O) groups is 1. The number of amides is 1. The van der Waals surface area contributed by atoms with Crippen molar-refractivity contribution in [2.75, 3.05) is 11.2 Å². The highest BCUT2D eigenvalue weighted by molar-refractivity contribution is 7.90. The number of rotatable bonds is 6. The van der Waals surface area contributed by atoms with Crippen molar-refractivity contribution in [1.82, 2.24) is 4.98 Å². The Morgan fingerprint density at radius 1 is 1.16 bits per heavy atom. The Kier molecular flexibility index (Phi) is 5.59. The van der Waals surface area contributed by atoms with E-state index in [2.05, 4.69) is 4.98 Å². The normalized spacial score (nSPS) is 11.7. The van der Waals surface area contributed by atoms with Crippen LogP contribution in [0.2, 0.25) is 0 Å². The van der Waals surface area contributed by atoms with Gasteiger partial charge in [-0.15, -0.1) is 0 Å². The zero-order chi connectivity index (χ0) is 22.2. The first-order valence-electron chi connectivity index (χ1n) is 9.08. The smallest absolute Gasteiger partial charge is 0.233 e. The van der Waals surface area contributed by atoms with E-state index in [4.69, 9.17) is 4.42 Å². The first-order valence-corrected chi connectivity index (χ1v) is 11.8. The van der Waals surface area contributed by atoms with Crippen molar-refractivity contribution in [3.8, 4) is 0 Å². The standard InChI is InChI=1S/C21H16F2N2O4S2/c1-31(27,28)16-6-4-13(5-7-16)9-19(26)25(12-15-3-2-8-29-15)21-24-20-17(23)10-14(22)11-18(20)30-21/h2-8,10-11H,9,12H2,1H3. The summed E-state index contributed by atoms with van der Waals surface area (Å²) in [4.78, 5) is 18.8. The van der Waals surface area contributed by atoms with Crippen LogP contribution in [0.4, 0.5) is 13.9 Å². The predicted molar refractivity (Wildman–Crippen MR) is 113 cm³/mol. The molecule has 0 saturated heterocycles. The summed E-state index contributed by atoms with van der Waals surface area (Å²) in [5, 5.41) is 0.202. The van der Waals surface area contributed by atoms with E-state index >= 15 is 0 Å². The Morgan fingerprint density at radius 2 is 1.90 bits per heavy atom. The summed E-state index contributed by atoms with van der Waals surface area (Å²) in [6.07, 6.45) is 2.53. The number of carbonyl (C=O) groups excluding carboxylic acids is 1. The Morgan fingerprint density at radius 3 is 2.55 bits per heavy atom. The molecule has 0 fully saturated rings. The molecule has 2 heterocycles. The lowest BCUT2D eigenvalue weighted by atomic mass is 10.1. The van der Waals surface area contributed by atoms with Gasteiger partial charge in [-0.25, -0.2) is 22.2 Å². The molecule has 1 amide bonds. The lowest BCUT2D eigenvalue weighted by molar-refractivity contribution is -0.118. The highest BCUT2D eigenvalue weighted by atomic mass is 32.2. The molecule has 160 valence electrons. The quantitative estimate of drug-likeness (QED) is 0.426. The van der Waals surface area contributed by atoms with Crippen molar-refractivity contribution in [2.24, 2.45) is 0 Å². The third-order valence-corrected chi connectivity index (χ3v) is 6.69. The van der Waals surface area contributed by atoms with Crippen LogP contribution in [0.3, 0.4) is 0 Å². The van der Waals surface area contributed by atoms with Gasteiger partial charge in [0.15, 0.2) is 20.8 Å². The second kappa shape index (κ2) is 8.20. The summed E-state index contributed by atoms with van der Waals surface area (Å²) in [6, 6.07) is 11.3. The first-order chi connectivity index (χ1) is 14.7. The van der Waals surface area contributed by atoms with Gasteiger partial charge in [-0.3, -0.25) is 9.69 Å². The molecule has 0 radical (unpaired) electrons. The van der Waals surface area contributed by atoms with E-state index in [1.165, 1.54) is 29.4 Å². The molecule has 0 N–H and O–H groups in total. The number of benzene rings is 2. The van der Waals surface area contributed by atoms with Crippen molar-refractivity contribution < 1.29 is 26.4 Å². The average molecular weight is 462 g/mol. The number of aromatic nitrogens is 1. The molecule has 6 nitrogen and oxygen atoms in total.